The van der Waals surface area contributed by atoms with Crippen LogP contribution in [-0.2, 0) is 10.0 Å². The lowest BCUT2D eigenvalue weighted by Gasteiger charge is -2.33. The molecule has 0 bridgehead atoms. The van der Waals surface area contributed by atoms with Crippen LogP contribution in [0.15, 0.2) is 0 Å². The number of aliphatic hydroxyl groups is 1. The van der Waals surface area contributed by atoms with Crippen molar-refractivity contribution in [2.75, 3.05) is 26.2 Å². The fraction of sp³-hybridized carbons (Fsp3) is 1.00. The van der Waals surface area contributed by atoms with Crippen LogP contribution in [0.4, 0.5) is 0 Å². The van der Waals surface area contributed by atoms with E-state index in [1.807, 2.05) is 0 Å². The van der Waals surface area contributed by atoms with Crippen LogP contribution in [-0.4, -0.2) is 56.0 Å². The number of rotatable bonds is 7. The molecule has 108 valence electrons. The van der Waals surface area contributed by atoms with Crippen LogP contribution >= 0.6 is 0 Å². The minimum atomic E-state index is -3.35. The topological polar surface area (TPSA) is 69.6 Å². The molecule has 5 nitrogen and oxygen atoms in total. The first kappa shape index (κ1) is 15.9. The highest BCUT2D eigenvalue weighted by molar-refractivity contribution is 7.90. The van der Waals surface area contributed by atoms with Crippen molar-refractivity contribution in [1.82, 2.24) is 9.62 Å². The lowest BCUT2D eigenvalue weighted by molar-refractivity contribution is 0.159. The summed E-state index contributed by atoms with van der Waals surface area (Å²) in [5, 5.41) is 8.11. The fourth-order valence-corrected chi connectivity index (χ4v) is 3.14. The highest BCUT2D eigenvalue weighted by Gasteiger charge is 2.20. The Kier molecular flexibility index (Phi) is 6.55. The van der Waals surface area contributed by atoms with Gasteiger partial charge in [0, 0.05) is 12.6 Å². The smallest absolute Gasteiger partial charge is 0.216 e. The van der Waals surface area contributed by atoms with Crippen LogP contribution in [0.2, 0.25) is 0 Å². The normalized spacial score (nSPS) is 24.1. The van der Waals surface area contributed by atoms with Gasteiger partial charge in [-0.1, -0.05) is 6.42 Å². The molecule has 1 fully saturated rings. The Morgan fingerprint density at radius 1 is 1.44 bits per heavy atom. The molecular formula is C12H26N2O3S. The maximum absolute atomic E-state index is 11.6. The molecule has 0 radical (unpaired) electrons. The molecular weight excluding hydrogens is 252 g/mol. The summed E-state index contributed by atoms with van der Waals surface area (Å²) in [6.45, 7) is 5.93. The minimum absolute atomic E-state index is 0.335. The average molecular weight is 278 g/mol. The molecule has 2 unspecified atom stereocenters. The first-order valence-corrected chi connectivity index (χ1v) is 8.35. The van der Waals surface area contributed by atoms with Crippen molar-refractivity contribution in [1.29, 1.82) is 0 Å². The summed E-state index contributed by atoms with van der Waals surface area (Å²) in [5.74, 6) is 0. The van der Waals surface area contributed by atoms with Gasteiger partial charge in [0.05, 0.1) is 11.9 Å². The van der Waals surface area contributed by atoms with Gasteiger partial charge < -0.3 is 10.0 Å². The highest BCUT2D eigenvalue weighted by atomic mass is 32.2. The van der Waals surface area contributed by atoms with E-state index in [1.54, 1.807) is 0 Å². The van der Waals surface area contributed by atoms with Crippen molar-refractivity contribution in [2.24, 2.45) is 0 Å². The largest absolute Gasteiger partial charge is 0.395 e. The summed E-state index contributed by atoms with van der Waals surface area (Å²) < 4.78 is 25.7. The van der Waals surface area contributed by atoms with E-state index in [0.29, 0.717) is 12.6 Å². The molecule has 0 aromatic carbocycles. The van der Waals surface area contributed by atoms with Gasteiger partial charge in [0.25, 0.3) is 0 Å². The zero-order valence-corrected chi connectivity index (χ0v) is 12.2. The summed E-state index contributed by atoms with van der Waals surface area (Å²) in [4.78, 5) is 2.42. The van der Waals surface area contributed by atoms with Gasteiger partial charge in [0.1, 0.15) is 0 Å². The molecule has 0 aromatic rings. The Bertz CT molecular complexity index is 332. The standard InChI is InChI=1S/C12H26N2O3S/c1-11-6-3-4-8-14(11)9-5-7-13-18(16,17)12(2)10-15/h11-13,15H,3-10H2,1-2H3. The number of nitrogens with zero attached hydrogens (tertiary/aromatic N) is 1. The first-order valence-electron chi connectivity index (χ1n) is 6.80. The van der Waals surface area contributed by atoms with E-state index in [1.165, 1.54) is 26.2 Å². The number of hydrogen-bond acceptors (Lipinski definition) is 4. The van der Waals surface area contributed by atoms with Crippen molar-refractivity contribution >= 4 is 10.0 Å². The van der Waals surface area contributed by atoms with E-state index in [2.05, 4.69) is 16.5 Å². The lowest BCUT2D eigenvalue weighted by Crippen LogP contribution is -2.40. The van der Waals surface area contributed by atoms with Crippen LogP contribution in [0.1, 0.15) is 39.5 Å². The van der Waals surface area contributed by atoms with Crippen molar-refractivity contribution in [3.05, 3.63) is 0 Å². The van der Waals surface area contributed by atoms with Crippen molar-refractivity contribution in [3.63, 3.8) is 0 Å². The minimum Gasteiger partial charge on any atom is -0.395 e. The van der Waals surface area contributed by atoms with E-state index < -0.39 is 15.3 Å². The molecule has 2 atom stereocenters. The van der Waals surface area contributed by atoms with Gasteiger partial charge in [-0.05, 0) is 46.2 Å². The van der Waals surface area contributed by atoms with Gasteiger partial charge in [-0.25, -0.2) is 13.1 Å². The molecule has 1 aliphatic rings. The van der Waals surface area contributed by atoms with Gasteiger partial charge in [-0.15, -0.1) is 0 Å². The van der Waals surface area contributed by atoms with E-state index in [0.717, 1.165) is 19.5 Å². The number of nitrogens with one attached hydrogen (secondary N) is 1. The second-order valence-electron chi connectivity index (χ2n) is 5.17. The number of sulfonamides is 1. The van der Waals surface area contributed by atoms with E-state index in [9.17, 15) is 8.42 Å². The summed E-state index contributed by atoms with van der Waals surface area (Å²) in [5.41, 5.74) is 0. The molecule has 6 heteroatoms. The van der Waals surface area contributed by atoms with Crippen LogP contribution in [0.3, 0.4) is 0 Å². The van der Waals surface area contributed by atoms with Crippen molar-refractivity contribution < 1.29 is 13.5 Å². The zero-order valence-electron chi connectivity index (χ0n) is 11.4. The predicted molar refractivity (Wildman–Crippen MR) is 73.0 cm³/mol. The molecule has 0 spiro atoms. The molecule has 0 aromatic heterocycles. The van der Waals surface area contributed by atoms with E-state index in [4.69, 9.17) is 5.11 Å². The Morgan fingerprint density at radius 2 is 2.17 bits per heavy atom. The van der Waals surface area contributed by atoms with Gasteiger partial charge in [-0.2, -0.15) is 0 Å². The Labute approximate surface area is 111 Å². The highest BCUT2D eigenvalue weighted by Crippen LogP contribution is 2.16. The van der Waals surface area contributed by atoms with E-state index >= 15 is 0 Å². The van der Waals surface area contributed by atoms with E-state index in [-0.39, 0.29) is 6.61 Å². The van der Waals surface area contributed by atoms with Gasteiger partial charge >= 0.3 is 0 Å². The van der Waals surface area contributed by atoms with Gasteiger partial charge in [-0.3, -0.25) is 0 Å². The summed E-state index contributed by atoms with van der Waals surface area (Å²) in [7, 11) is -3.35. The first-order chi connectivity index (χ1) is 8.47. The maximum Gasteiger partial charge on any atom is 0.216 e. The summed E-state index contributed by atoms with van der Waals surface area (Å²) in [6, 6.07) is 0.617. The predicted octanol–water partition coefficient (Wildman–Crippen LogP) is 0.551. The third-order valence-electron chi connectivity index (χ3n) is 3.65. The second kappa shape index (κ2) is 7.43. The molecule has 0 aliphatic carbocycles. The second-order valence-corrected chi connectivity index (χ2v) is 7.35. The molecule has 1 heterocycles. The number of likely N-dealkylation sites (tertiary alicyclic amines) is 1. The fourth-order valence-electron chi connectivity index (χ4n) is 2.23. The third-order valence-corrected chi connectivity index (χ3v) is 5.47. The Morgan fingerprint density at radius 3 is 2.78 bits per heavy atom. The van der Waals surface area contributed by atoms with Gasteiger partial charge in [0.15, 0.2) is 0 Å². The molecule has 18 heavy (non-hydrogen) atoms. The number of aliphatic hydroxyl groups excluding tert-OH is 1. The lowest BCUT2D eigenvalue weighted by atomic mass is 10.0. The monoisotopic (exact) mass is 278 g/mol. The quantitative estimate of drug-likeness (QED) is 0.667. The summed E-state index contributed by atoms with van der Waals surface area (Å²) >= 11 is 0. The zero-order chi connectivity index (χ0) is 13.6. The van der Waals surface area contributed by atoms with Crippen LogP contribution in [0, 0.1) is 0 Å². The molecule has 2 N–H and O–H groups in total. The molecule has 1 rings (SSSR count). The maximum atomic E-state index is 11.6. The van der Waals surface area contributed by atoms with Crippen molar-refractivity contribution in [2.45, 2.75) is 50.8 Å². The molecule has 1 saturated heterocycles. The molecule has 0 amide bonds. The summed E-state index contributed by atoms with van der Waals surface area (Å²) in [6.07, 6.45) is 4.62. The average Bonchev–Trinajstić information content (AvgIpc) is 2.35. The number of hydrogen-bond donors (Lipinski definition) is 2. The Balaban J connectivity index is 2.22. The number of piperidine rings is 1. The van der Waals surface area contributed by atoms with Crippen LogP contribution in [0.25, 0.3) is 0 Å². The third kappa shape index (κ3) is 4.84. The molecule has 0 saturated carbocycles. The SMILES string of the molecule is CC1CCCCN1CCCNS(=O)(=O)C(C)CO. The van der Waals surface area contributed by atoms with Crippen LogP contribution in [0.5, 0.6) is 0 Å². The van der Waals surface area contributed by atoms with Gasteiger partial charge in [0.2, 0.25) is 10.0 Å². The molecule has 1 aliphatic heterocycles. The van der Waals surface area contributed by atoms with Crippen molar-refractivity contribution in [3.8, 4) is 0 Å². The Hall–Kier alpha value is -0.170. The van der Waals surface area contributed by atoms with Crippen LogP contribution < -0.4 is 4.72 Å².